The highest BCUT2D eigenvalue weighted by Gasteiger charge is 2.12. The van der Waals surface area contributed by atoms with Gasteiger partial charge in [0.15, 0.2) is 0 Å². The molecule has 1 unspecified atom stereocenters. The van der Waals surface area contributed by atoms with Crippen molar-refractivity contribution < 1.29 is 9.18 Å². The highest BCUT2D eigenvalue weighted by atomic mass is 32.1. The van der Waals surface area contributed by atoms with Gasteiger partial charge in [-0.2, -0.15) is 0 Å². The fourth-order valence-electron chi connectivity index (χ4n) is 1.52. The van der Waals surface area contributed by atoms with E-state index in [1.54, 1.807) is 12.1 Å². The fraction of sp³-hybridized carbons (Fsp3) is 0.308. The summed E-state index contributed by atoms with van der Waals surface area (Å²) in [5, 5.41) is 3.68. The van der Waals surface area contributed by atoms with E-state index < -0.39 is 0 Å². The Morgan fingerprint density at radius 3 is 2.94 bits per heavy atom. The third kappa shape index (κ3) is 2.64. The van der Waals surface area contributed by atoms with Crippen molar-refractivity contribution in [1.29, 1.82) is 0 Å². The van der Waals surface area contributed by atoms with E-state index in [1.165, 1.54) is 23.5 Å². The molecule has 90 valence electrons. The minimum Gasteiger partial charge on any atom is -0.349 e. The number of hydrogen-bond donors (Lipinski definition) is 1. The highest BCUT2D eigenvalue weighted by molar-refractivity contribution is 7.20. The molecule has 0 spiro atoms. The number of amides is 1. The fourth-order valence-corrected chi connectivity index (χ4v) is 2.47. The summed E-state index contributed by atoms with van der Waals surface area (Å²) >= 11 is 1.39. The van der Waals surface area contributed by atoms with Gasteiger partial charge < -0.3 is 5.32 Å². The second kappa shape index (κ2) is 4.84. The van der Waals surface area contributed by atoms with E-state index >= 15 is 0 Å². The van der Waals surface area contributed by atoms with Gasteiger partial charge in [-0.25, -0.2) is 4.39 Å². The summed E-state index contributed by atoms with van der Waals surface area (Å²) < 4.78 is 13.9. The van der Waals surface area contributed by atoms with Crippen LogP contribution in [-0.2, 0) is 0 Å². The van der Waals surface area contributed by atoms with Crippen LogP contribution in [0.5, 0.6) is 0 Å². The average Bonchev–Trinajstić information content (AvgIpc) is 2.71. The minimum atomic E-state index is -0.274. The molecule has 4 heteroatoms. The predicted molar refractivity (Wildman–Crippen MR) is 69.0 cm³/mol. The molecular weight excluding hydrogens is 237 g/mol. The second-order valence-electron chi connectivity index (χ2n) is 4.08. The van der Waals surface area contributed by atoms with E-state index in [-0.39, 0.29) is 17.8 Å². The van der Waals surface area contributed by atoms with Gasteiger partial charge in [-0.3, -0.25) is 4.79 Å². The molecule has 0 radical (unpaired) electrons. The van der Waals surface area contributed by atoms with Crippen molar-refractivity contribution in [3.63, 3.8) is 0 Å². The molecule has 0 aliphatic heterocycles. The molecule has 2 nitrogen and oxygen atoms in total. The molecule has 2 aromatic rings. The Labute approximate surface area is 103 Å². The minimum absolute atomic E-state index is 0.0824. The SMILES string of the molecule is CCC(C)NC(=O)c1cc2cc(F)ccc2s1. The maximum Gasteiger partial charge on any atom is 0.261 e. The third-order valence-corrected chi connectivity index (χ3v) is 3.81. The van der Waals surface area contributed by atoms with Gasteiger partial charge >= 0.3 is 0 Å². The molecule has 0 saturated heterocycles. The van der Waals surface area contributed by atoms with Crippen LogP contribution in [0, 0.1) is 5.82 Å². The van der Waals surface area contributed by atoms with Crippen molar-refractivity contribution in [2.24, 2.45) is 0 Å². The summed E-state index contributed by atoms with van der Waals surface area (Å²) in [7, 11) is 0. The molecule has 1 heterocycles. The Balaban J connectivity index is 2.27. The molecule has 0 bridgehead atoms. The lowest BCUT2D eigenvalue weighted by molar-refractivity contribution is 0.0943. The normalized spacial score (nSPS) is 12.6. The van der Waals surface area contributed by atoms with Crippen LogP contribution in [0.3, 0.4) is 0 Å². The zero-order valence-corrected chi connectivity index (χ0v) is 10.6. The largest absolute Gasteiger partial charge is 0.349 e. The number of hydrogen-bond acceptors (Lipinski definition) is 2. The Bertz CT molecular complexity index is 549. The number of carbonyl (C=O) groups excluding carboxylic acids is 1. The number of fused-ring (bicyclic) bond motifs is 1. The van der Waals surface area contributed by atoms with Gasteiger partial charge in [-0.1, -0.05) is 6.92 Å². The van der Waals surface area contributed by atoms with E-state index in [0.29, 0.717) is 4.88 Å². The van der Waals surface area contributed by atoms with Gasteiger partial charge in [-0.15, -0.1) is 11.3 Å². The average molecular weight is 251 g/mol. The monoisotopic (exact) mass is 251 g/mol. The summed E-state index contributed by atoms with van der Waals surface area (Å²) in [6, 6.07) is 6.46. The Morgan fingerprint density at radius 2 is 2.24 bits per heavy atom. The van der Waals surface area contributed by atoms with Gasteiger partial charge in [-0.05, 0) is 43.0 Å². The van der Waals surface area contributed by atoms with Crippen LogP contribution in [-0.4, -0.2) is 11.9 Å². The summed E-state index contributed by atoms with van der Waals surface area (Å²) in [5.74, 6) is -0.356. The number of rotatable bonds is 3. The summed E-state index contributed by atoms with van der Waals surface area (Å²) in [4.78, 5) is 12.5. The maximum absolute atomic E-state index is 13.0. The molecule has 0 aliphatic rings. The van der Waals surface area contributed by atoms with E-state index in [0.717, 1.165) is 16.5 Å². The van der Waals surface area contributed by atoms with Gasteiger partial charge in [0, 0.05) is 10.7 Å². The van der Waals surface area contributed by atoms with Gasteiger partial charge in [0.25, 0.3) is 5.91 Å². The first-order valence-corrected chi connectivity index (χ1v) is 6.41. The van der Waals surface area contributed by atoms with Crippen LogP contribution in [0.2, 0.25) is 0 Å². The first-order chi connectivity index (χ1) is 8.10. The van der Waals surface area contributed by atoms with Gasteiger partial charge in [0.2, 0.25) is 0 Å². The zero-order chi connectivity index (χ0) is 12.4. The molecule has 2 rings (SSSR count). The van der Waals surface area contributed by atoms with Crippen LogP contribution in [0.1, 0.15) is 29.9 Å². The molecule has 17 heavy (non-hydrogen) atoms. The van der Waals surface area contributed by atoms with Crippen molar-refractivity contribution in [3.05, 3.63) is 35.0 Å². The van der Waals surface area contributed by atoms with Crippen LogP contribution in [0.4, 0.5) is 4.39 Å². The van der Waals surface area contributed by atoms with E-state index in [4.69, 9.17) is 0 Å². The zero-order valence-electron chi connectivity index (χ0n) is 9.79. The number of carbonyl (C=O) groups is 1. The first kappa shape index (κ1) is 12.0. The van der Waals surface area contributed by atoms with Crippen LogP contribution in [0.15, 0.2) is 24.3 Å². The van der Waals surface area contributed by atoms with Crippen LogP contribution < -0.4 is 5.32 Å². The summed E-state index contributed by atoms with van der Waals surface area (Å²) in [6.07, 6.45) is 0.894. The van der Waals surface area contributed by atoms with Crippen molar-refractivity contribution in [1.82, 2.24) is 5.32 Å². The molecule has 1 aromatic carbocycles. The van der Waals surface area contributed by atoms with Crippen molar-refractivity contribution in [2.75, 3.05) is 0 Å². The lowest BCUT2D eigenvalue weighted by Gasteiger charge is -2.09. The number of nitrogens with one attached hydrogen (secondary N) is 1. The predicted octanol–water partition coefficient (Wildman–Crippen LogP) is 3.57. The van der Waals surface area contributed by atoms with Gasteiger partial charge in [0.1, 0.15) is 5.82 Å². The molecule has 0 saturated carbocycles. The summed E-state index contributed by atoms with van der Waals surface area (Å²) in [6.45, 7) is 3.98. The molecular formula is C13H14FNOS. The molecule has 1 amide bonds. The standard InChI is InChI=1S/C13H14FNOS/c1-3-8(2)15-13(16)12-7-9-6-10(14)4-5-11(9)17-12/h4-8H,3H2,1-2H3,(H,15,16). The number of benzene rings is 1. The van der Waals surface area contributed by atoms with Crippen molar-refractivity contribution >= 4 is 27.3 Å². The maximum atomic E-state index is 13.0. The Hall–Kier alpha value is -1.42. The number of thiophene rings is 1. The van der Waals surface area contributed by atoms with E-state index in [9.17, 15) is 9.18 Å². The molecule has 1 N–H and O–H groups in total. The third-order valence-electron chi connectivity index (χ3n) is 2.69. The Kier molecular flexibility index (Phi) is 3.43. The van der Waals surface area contributed by atoms with Crippen LogP contribution in [0.25, 0.3) is 10.1 Å². The molecule has 1 atom stereocenters. The molecule has 0 fully saturated rings. The summed E-state index contributed by atoms with van der Waals surface area (Å²) in [5.41, 5.74) is 0. The topological polar surface area (TPSA) is 29.1 Å². The van der Waals surface area contributed by atoms with E-state index in [2.05, 4.69) is 5.32 Å². The molecule has 0 aliphatic carbocycles. The van der Waals surface area contributed by atoms with Crippen LogP contribution >= 0.6 is 11.3 Å². The van der Waals surface area contributed by atoms with Crippen molar-refractivity contribution in [2.45, 2.75) is 26.3 Å². The molecule has 1 aromatic heterocycles. The van der Waals surface area contributed by atoms with Crippen molar-refractivity contribution in [3.8, 4) is 0 Å². The lowest BCUT2D eigenvalue weighted by Crippen LogP contribution is -2.31. The first-order valence-electron chi connectivity index (χ1n) is 5.60. The van der Waals surface area contributed by atoms with Gasteiger partial charge in [0.05, 0.1) is 4.88 Å². The lowest BCUT2D eigenvalue weighted by atomic mass is 10.2. The quantitative estimate of drug-likeness (QED) is 0.887. The highest BCUT2D eigenvalue weighted by Crippen LogP contribution is 2.26. The second-order valence-corrected chi connectivity index (χ2v) is 5.16. The smallest absolute Gasteiger partial charge is 0.261 e. The number of halogens is 1. The van der Waals surface area contributed by atoms with E-state index in [1.807, 2.05) is 13.8 Å². The Morgan fingerprint density at radius 1 is 1.47 bits per heavy atom.